The zero-order chi connectivity index (χ0) is 18.8. The van der Waals surface area contributed by atoms with Crippen LogP contribution in [-0.2, 0) is 6.54 Å². The SMILES string of the molecule is COc1cc(OC)c2c(=O)n(Cc3ccc(O)c(OC)c3)c(=O)oc2c1. The van der Waals surface area contributed by atoms with Crippen LogP contribution in [0.25, 0.3) is 11.0 Å². The van der Waals surface area contributed by atoms with Crippen LogP contribution in [0, 0.1) is 0 Å². The predicted octanol–water partition coefficient (Wildman–Crippen LogP) is 1.73. The van der Waals surface area contributed by atoms with Crippen molar-refractivity contribution < 1.29 is 23.7 Å². The molecule has 8 heteroatoms. The molecule has 2 aromatic carbocycles. The molecule has 1 N–H and O–H groups in total. The second-order valence-corrected chi connectivity index (χ2v) is 5.47. The zero-order valence-corrected chi connectivity index (χ0v) is 14.4. The highest BCUT2D eigenvalue weighted by atomic mass is 16.5. The molecule has 0 unspecified atom stereocenters. The number of benzene rings is 2. The quantitative estimate of drug-likeness (QED) is 0.740. The van der Waals surface area contributed by atoms with E-state index < -0.39 is 11.3 Å². The van der Waals surface area contributed by atoms with Gasteiger partial charge in [-0.05, 0) is 17.7 Å². The first-order valence-electron chi connectivity index (χ1n) is 7.64. The summed E-state index contributed by atoms with van der Waals surface area (Å²) in [6.07, 6.45) is 0. The van der Waals surface area contributed by atoms with Crippen molar-refractivity contribution in [3.63, 3.8) is 0 Å². The van der Waals surface area contributed by atoms with Crippen molar-refractivity contribution in [1.29, 1.82) is 0 Å². The Morgan fingerprint density at radius 3 is 2.38 bits per heavy atom. The van der Waals surface area contributed by atoms with Crippen LogP contribution >= 0.6 is 0 Å². The Bertz CT molecular complexity index is 1080. The van der Waals surface area contributed by atoms with Crippen molar-refractivity contribution in [2.45, 2.75) is 6.54 Å². The number of hydrogen-bond donors (Lipinski definition) is 1. The molecule has 0 spiro atoms. The Labute approximate surface area is 147 Å². The Morgan fingerprint density at radius 2 is 1.73 bits per heavy atom. The average molecular weight is 359 g/mol. The zero-order valence-electron chi connectivity index (χ0n) is 14.4. The number of phenolic OH excluding ortho intramolecular Hbond substituents is 1. The minimum atomic E-state index is -0.815. The number of rotatable bonds is 5. The minimum absolute atomic E-state index is 0.0390. The lowest BCUT2D eigenvalue weighted by Crippen LogP contribution is -2.33. The van der Waals surface area contributed by atoms with Gasteiger partial charge in [0.15, 0.2) is 17.1 Å². The number of nitrogens with zero attached hydrogens (tertiary/aromatic N) is 1. The van der Waals surface area contributed by atoms with Crippen LogP contribution < -0.4 is 25.5 Å². The summed E-state index contributed by atoms with van der Waals surface area (Å²) in [5.74, 6) is 0.0267. The molecule has 3 rings (SSSR count). The summed E-state index contributed by atoms with van der Waals surface area (Å²) in [5, 5.41) is 9.80. The minimum Gasteiger partial charge on any atom is -0.504 e. The Morgan fingerprint density at radius 1 is 1.00 bits per heavy atom. The summed E-state index contributed by atoms with van der Waals surface area (Å²) in [5.41, 5.74) is 0.111. The molecule has 136 valence electrons. The van der Waals surface area contributed by atoms with Crippen LogP contribution in [0.4, 0.5) is 0 Å². The summed E-state index contributed by atoms with van der Waals surface area (Å²) >= 11 is 0. The third-order valence-electron chi connectivity index (χ3n) is 3.96. The van der Waals surface area contributed by atoms with Crippen LogP contribution in [-0.4, -0.2) is 31.0 Å². The number of aromatic hydroxyl groups is 1. The number of hydrogen-bond acceptors (Lipinski definition) is 7. The summed E-state index contributed by atoms with van der Waals surface area (Å²) in [6, 6.07) is 7.54. The van der Waals surface area contributed by atoms with Gasteiger partial charge in [0, 0.05) is 12.1 Å². The molecule has 0 aliphatic carbocycles. The molecule has 26 heavy (non-hydrogen) atoms. The van der Waals surface area contributed by atoms with Gasteiger partial charge in [-0.15, -0.1) is 0 Å². The molecule has 0 aliphatic heterocycles. The van der Waals surface area contributed by atoms with Crippen molar-refractivity contribution in [1.82, 2.24) is 4.57 Å². The summed E-state index contributed by atoms with van der Waals surface area (Å²) in [7, 11) is 4.28. The van der Waals surface area contributed by atoms with Gasteiger partial charge < -0.3 is 23.7 Å². The fourth-order valence-corrected chi connectivity index (χ4v) is 2.64. The third kappa shape index (κ3) is 2.97. The number of ether oxygens (including phenoxy) is 3. The van der Waals surface area contributed by atoms with Gasteiger partial charge in [0.1, 0.15) is 16.9 Å². The Kier molecular flexibility index (Phi) is 4.57. The van der Waals surface area contributed by atoms with Crippen LogP contribution in [0.2, 0.25) is 0 Å². The molecule has 0 saturated carbocycles. The lowest BCUT2D eigenvalue weighted by molar-refractivity contribution is 0.372. The topological polar surface area (TPSA) is 100 Å². The molecule has 1 heterocycles. The molecule has 0 bridgehead atoms. The van der Waals surface area contributed by atoms with Gasteiger partial charge in [-0.2, -0.15) is 0 Å². The lowest BCUT2D eigenvalue weighted by atomic mass is 10.2. The fraction of sp³-hybridized carbons (Fsp3) is 0.222. The fourth-order valence-electron chi connectivity index (χ4n) is 2.64. The normalized spacial score (nSPS) is 10.7. The lowest BCUT2D eigenvalue weighted by Gasteiger charge is -2.11. The van der Waals surface area contributed by atoms with E-state index in [1.807, 2.05) is 0 Å². The maximum Gasteiger partial charge on any atom is 0.422 e. The predicted molar refractivity (Wildman–Crippen MR) is 93.6 cm³/mol. The molecule has 0 amide bonds. The van der Waals surface area contributed by atoms with Crippen molar-refractivity contribution >= 4 is 11.0 Å². The molecule has 3 aromatic rings. The van der Waals surface area contributed by atoms with Crippen LogP contribution in [0.5, 0.6) is 23.0 Å². The van der Waals surface area contributed by atoms with Crippen molar-refractivity contribution in [2.75, 3.05) is 21.3 Å². The molecule has 0 fully saturated rings. The number of aromatic nitrogens is 1. The van der Waals surface area contributed by atoms with Crippen molar-refractivity contribution in [3.05, 3.63) is 56.8 Å². The van der Waals surface area contributed by atoms with Crippen molar-refractivity contribution in [2.24, 2.45) is 0 Å². The first kappa shape index (κ1) is 17.4. The molecule has 0 atom stereocenters. The van der Waals surface area contributed by atoms with Gasteiger partial charge in [0.25, 0.3) is 5.56 Å². The Hall–Kier alpha value is -3.42. The van der Waals surface area contributed by atoms with Gasteiger partial charge in [-0.1, -0.05) is 6.07 Å². The molecule has 0 saturated heterocycles. The second-order valence-electron chi connectivity index (χ2n) is 5.47. The smallest absolute Gasteiger partial charge is 0.422 e. The van der Waals surface area contributed by atoms with E-state index in [1.165, 1.54) is 45.6 Å². The number of fused-ring (bicyclic) bond motifs is 1. The maximum atomic E-state index is 12.9. The second kappa shape index (κ2) is 6.83. The van der Waals surface area contributed by atoms with Crippen molar-refractivity contribution in [3.8, 4) is 23.0 Å². The molecule has 8 nitrogen and oxygen atoms in total. The molecule has 1 aromatic heterocycles. The first-order chi connectivity index (χ1) is 12.5. The van der Waals surface area contributed by atoms with Gasteiger partial charge in [0.2, 0.25) is 0 Å². The number of phenols is 1. The molecule has 0 radical (unpaired) electrons. The van der Waals surface area contributed by atoms with E-state index in [4.69, 9.17) is 18.6 Å². The Balaban J connectivity index is 2.18. The summed E-state index contributed by atoms with van der Waals surface area (Å²) in [6.45, 7) is -0.0526. The average Bonchev–Trinajstić information content (AvgIpc) is 2.65. The molecular weight excluding hydrogens is 342 g/mol. The van der Waals surface area contributed by atoms with E-state index in [1.54, 1.807) is 6.07 Å². The largest absolute Gasteiger partial charge is 0.504 e. The van der Waals surface area contributed by atoms with Crippen LogP contribution in [0.1, 0.15) is 5.56 Å². The standard InChI is InChI=1S/C18H17NO7/c1-23-11-7-14(25-3)16-15(8-11)26-18(22)19(17(16)21)9-10-4-5-12(20)13(6-10)24-2/h4-8,20H,9H2,1-3H3. The van der Waals surface area contributed by atoms with E-state index in [9.17, 15) is 14.7 Å². The number of methoxy groups -OCH3 is 3. The monoisotopic (exact) mass is 359 g/mol. The molecular formula is C18H17NO7. The van der Waals surface area contributed by atoms with E-state index in [0.717, 1.165) is 4.57 Å². The maximum absolute atomic E-state index is 12.9. The van der Waals surface area contributed by atoms with E-state index in [2.05, 4.69) is 0 Å². The highest BCUT2D eigenvalue weighted by Gasteiger charge is 2.17. The highest BCUT2D eigenvalue weighted by Crippen LogP contribution is 2.29. The van der Waals surface area contributed by atoms with Crippen LogP contribution in [0.15, 0.2) is 44.3 Å². The van der Waals surface area contributed by atoms with E-state index in [0.29, 0.717) is 11.3 Å². The van der Waals surface area contributed by atoms with Gasteiger partial charge in [-0.3, -0.25) is 4.79 Å². The van der Waals surface area contributed by atoms with E-state index >= 15 is 0 Å². The third-order valence-corrected chi connectivity index (χ3v) is 3.96. The van der Waals surface area contributed by atoms with Gasteiger partial charge >= 0.3 is 5.76 Å². The van der Waals surface area contributed by atoms with E-state index in [-0.39, 0.29) is 34.8 Å². The highest BCUT2D eigenvalue weighted by molar-refractivity contribution is 5.84. The van der Waals surface area contributed by atoms with Gasteiger partial charge in [-0.25, -0.2) is 9.36 Å². The van der Waals surface area contributed by atoms with Crippen LogP contribution in [0.3, 0.4) is 0 Å². The van der Waals surface area contributed by atoms with Gasteiger partial charge in [0.05, 0.1) is 27.9 Å². The first-order valence-corrected chi connectivity index (χ1v) is 7.64. The molecule has 0 aliphatic rings. The summed E-state index contributed by atoms with van der Waals surface area (Å²) < 4.78 is 21.6. The summed E-state index contributed by atoms with van der Waals surface area (Å²) in [4.78, 5) is 25.2.